The molecule has 20 heavy (non-hydrogen) atoms. The normalized spacial score (nSPS) is 13.6. The summed E-state index contributed by atoms with van der Waals surface area (Å²) in [6.45, 7) is 3.34. The Labute approximate surface area is 115 Å². The van der Waals surface area contributed by atoms with Gasteiger partial charge >= 0.3 is 15.5 Å². The summed E-state index contributed by atoms with van der Waals surface area (Å²) in [6, 6.07) is 7.15. The minimum absolute atomic E-state index is 0.182. The standard InChI is InChI=1S/C13H14F3NO2S/c1-2-3-5-10-12(11-8-6-4-7-9-11)17-20(18,19)13(14,15)16/h3-4,6-9,12,17H,1,5,10H2. The second kappa shape index (κ2) is 6.74. The molecule has 0 bridgehead atoms. The Balaban J connectivity index is 2.98. The topological polar surface area (TPSA) is 46.2 Å². The van der Waals surface area contributed by atoms with Gasteiger partial charge in [-0.15, -0.1) is 5.73 Å². The maximum absolute atomic E-state index is 12.4. The number of sulfonamides is 1. The molecule has 0 aliphatic heterocycles. The summed E-state index contributed by atoms with van der Waals surface area (Å²) in [7, 11) is -5.38. The number of halogens is 3. The molecule has 0 fully saturated rings. The van der Waals surface area contributed by atoms with Gasteiger partial charge in [0.15, 0.2) is 0 Å². The molecule has 1 aromatic carbocycles. The van der Waals surface area contributed by atoms with Crippen LogP contribution in [0, 0.1) is 0 Å². The van der Waals surface area contributed by atoms with Crippen LogP contribution in [0.15, 0.2) is 48.7 Å². The third-order valence-electron chi connectivity index (χ3n) is 2.55. The molecule has 0 aromatic heterocycles. The van der Waals surface area contributed by atoms with Gasteiger partial charge in [-0.3, -0.25) is 0 Å². The molecule has 7 heteroatoms. The van der Waals surface area contributed by atoms with E-state index in [9.17, 15) is 21.6 Å². The number of hydrogen-bond acceptors (Lipinski definition) is 2. The van der Waals surface area contributed by atoms with E-state index in [1.165, 1.54) is 6.08 Å². The van der Waals surface area contributed by atoms with Crippen molar-refractivity contribution in [2.75, 3.05) is 0 Å². The largest absolute Gasteiger partial charge is 0.511 e. The average Bonchev–Trinajstić information content (AvgIpc) is 2.37. The van der Waals surface area contributed by atoms with E-state index in [0.29, 0.717) is 12.0 Å². The van der Waals surface area contributed by atoms with Gasteiger partial charge in [-0.1, -0.05) is 36.9 Å². The summed E-state index contributed by atoms with van der Waals surface area (Å²) < 4.78 is 61.3. The molecule has 1 atom stereocenters. The van der Waals surface area contributed by atoms with Gasteiger partial charge in [0.2, 0.25) is 0 Å². The third kappa shape index (κ3) is 4.52. The van der Waals surface area contributed by atoms with Crippen molar-refractivity contribution in [3.63, 3.8) is 0 Å². The highest BCUT2D eigenvalue weighted by Crippen LogP contribution is 2.27. The lowest BCUT2D eigenvalue weighted by Crippen LogP contribution is -2.38. The molecular formula is C13H14F3NO2S. The Morgan fingerprint density at radius 1 is 1.30 bits per heavy atom. The number of hydrogen-bond donors (Lipinski definition) is 1. The first-order valence-electron chi connectivity index (χ1n) is 5.76. The SMILES string of the molecule is C=C=CCCC(NS(=O)(=O)C(F)(F)F)c1ccccc1. The third-order valence-corrected chi connectivity index (χ3v) is 3.75. The van der Waals surface area contributed by atoms with Gasteiger partial charge in [0.25, 0.3) is 0 Å². The highest BCUT2D eigenvalue weighted by molar-refractivity contribution is 7.90. The molecule has 0 saturated heterocycles. The number of allylic oxidation sites excluding steroid dienone is 1. The van der Waals surface area contributed by atoms with Gasteiger partial charge in [-0.2, -0.15) is 17.9 Å². The van der Waals surface area contributed by atoms with Crippen LogP contribution in [0.2, 0.25) is 0 Å². The van der Waals surface area contributed by atoms with Gasteiger partial charge in [-0.05, 0) is 24.5 Å². The lowest BCUT2D eigenvalue weighted by Gasteiger charge is -2.19. The van der Waals surface area contributed by atoms with Crippen molar-refractivity contribution in [1.82, 2.24) is 4.72 Å². The zero-order valence-corrected chi connectivity index (χ0v) is 11.3. The van der Waals surface area contributed by atoms with E-state index in [-0.39, 0.29) is 6.42 Å². The highest BCUT2D eigenvalue weighted by atomic mass is 32.2. The summed E-state index contributed by atoms with van der Waals surface area (Å²) >= 11 is 0. The van der Waals surface area contributed by atoms with E-state index >= 15 is 0 Å². The van der Waals surface area contributed by atoms with Crippen molar-refractivity contribution in [3.8, 4) is 0 Å². The molecule has 0 saturated carbocycles. The molecule has 0 spiro atoms. The van der Waals surface area contributed by atoms with Gasteiger partial charge in [0.1, 0.15) is 0 Å². The fourth-order valence-corrected chi connectivity index (χ4v) is 2.35. The van der Waals surface area contributed by atoms with Gasteiger partial charge in [0.05, 0.1) is 0 Å². The molecule has 1 N–H and O–H groups in total. The number of nitrogens with one attached hydrogen (secondary N) is 1. The van der Waals surface area contributed by atoms with Crippen LogP contribution < -0.4 is 4.72 Å². The van der Waals surface area contributed by atoms with Crippen molar-refractivity contribution in [1.29, 1.82) is 0 Å². The van der Waals surface area contributed by atoms with Crippen molar-refractivity contribution in [2.24, 2.45) is 0 Å². The first kappa shape index (κ1) is 16.5. The van der Waals surface area contributed by atoms with Gasteiger partial charge < -0.3 is 0 Å². The molecular weight excluding hydrogens is 291 g/mol. The Kier molecular flexibility index (Phi) is 5.56. The molecule has 1 aromatic rings. The van der Waals surface area contributed by atoms with Crippen LogP contribution in [0.5, 0.6) is 0 Å². The molecule has 0 amide bonds. The van der Waals surface area contributed by atoms with Crippen LogP contribution in [0.3, 0.4) is 0 Å². The second-order valence-corrected chi connectivity index (χ2v) is 5.72. The quantitative estimate of drug-likeness (QED) is 0.820. The fraction of sp³-hybridized carbons (Fsp3) is 0.308. The monoisotopic (exact) mass is 305 g/mol. The zero-order chi connectivity index (χ0) is 15.2. The predicted molar refractivity (Wildman–Crippen MR) is 70.2 cm³/mol. The summed E-state index contributed by atoms with van der Waals surface area (Å²) in [5.74, 6) is 0. The minimum Gasteiger partial charge on any atom is -0.203 e. The molecule has 110 valence electrons. The van der Waals surface area contributed by atoms with Crippen LogP contribution in [0.1, 0.15) is 24.4 Å². The molecule has 1 rings (SSSR count). The number of benzene rings is 1. The Morgan fingerprint density at radius 2 is 1.90 bits per heavy atom. The van der Waals surface area contributed by atoms with Crippen molar-refractivity contribution in [3.05, 3.63) is 54.3 Å². The van der Waals surface area contributed by atoms with Crippen molar-refractivity contribution in [2.45, 2.75) is 24.4 Å². The van der Waals surface area contributed by atoms with Crippen LogP contribution in [0.4, 0.5) is 13.2 Å². The number of alkyl halides is 3. The molecule has 0 aliphatic rings. The smallest absolute Gasteiger partial charge is 0.203 e. The molecule has 3 nitrogen and oxygen atoms in total. The first-order chi connectivity index (χ1) is 9.28. The van der Waals surface area contributed by atoms with Crippen LogP contribution in [-0.2, 0) is 10.0 Å². The van der Waals surface area contributed by atoms with Crippen molar-refractivity contribution >= 4 is 10.0 Å². The minimum atomic E-state index is -5.38. The van der Waals surface area contributed by atoms with E-state index in [2.05, 4.69) is 12.3 Å². The van der Waals surface area contributed by atoms with Gasteiger partial charge in [-0.25, -0.2) is 8.42 Å². The summed E-state index contributed by atoms with van der Waals surface area (Å²) in [5.41, 5.74) is -2.36. The van der Waals surface area contributed by atoms with E-state index in [4.69, 9.17) is 0 Å². The molecule has 0 heterocycles. The van der Waals surface area contributed by atoms with Crippen molar-refractivity contribution < 1.29 is 21.6 Å². The van der Waals surface area contributed by atoms with Crippen LogP contribution >= 0.6 is 0 Å². The molecule has 0 radical (unpaired) electrons. The highest BCUT2D eigenvalue weighted by Gasteiger charge is 2.46. The lowest BCUT2D eigenvalue weighted by atomic mass is 10.0. The first-order valence-corrected chi connectivity index (χ1v) is 7.24. The van der Waals surface area contributed by atoms with E-state index in [1.807, 2.05) is 0 Å². The zero-order valence-electron chi connectivity index (χ0n) is 10.5. The second-order valence-electron chi connectivity index (χ2n) is 4.02. The molecule has 0 aliphatic carbocycles. The van der Waals surface area contributed by atoms with E-state index in [0.717, 1.165) is 0 Å². The van der Waals surface area contributed by atoms with E-state index < -0.39 is 21.6 Å². The maximum atomic E-state index is 12.4. The average molecular weight is 305 g/mol. The summed E-state index contributed by atoms with van der Waals surface area (Å²) in [5, 5.41) is 0. The van der Waals surface area contributed by atoms with Crippen LogP contribution in [-0.4, -0.2) is 13.9 Å². The molecule has 1 unspecified atom stereocenters. The predicted octanol–water partition coefficient (Wildman–Crippen LogP) is 3.29. The Hall–Kier alpha value is -1.56. The fourth-order valence-electron chi connectivity index (χ4n) is 1.59. The van der Waals surface area contributed by atoms with E-state index in [1.54, 1.807) is 35.1 Å². The summed E-state index contributed by atoms with van der Waals surface area (Å²) in [6.07, 6.45) is 2.09. The van der Waals surface area contributed by atoms with Gasteiger partial charge in [0, 0.05) is 6.04 Å². The Bertz CT molecular complexity index is 575. The maximum Gasteiger partial charge on any atom is 0.511 e. The van der Waals surface area contributed by atoms with Crippen LogP contribution in [0.25, 0.3) is 0 Å². The lowest BCUT2D eigenvalue weighted by molar-refractivity contribution is -0.0451. The summed E-state index contributed by atoms with van der Waals surface area (Å²) in [4.78, 5) is 0. The Morgan fingerprint density at radius 3 is 2.40 bits per heavy atom. The number of rotatable bonds is 6.